The van der Waals surface area contributed by atoms with E-state index in [2.05, 4.69) is 0 Å². The van der Waals surface area contributed by atoms with Gasteiger partial charge in [-0.25, -0.2) is 5.87 Å². The minimum atomic E-state index is -0.353. The molecule has 0 radical (unpaired) electrons. The largest absolute Gasteiger partial charge is 0.762 e. The summed E-state index contributed by atoms with van der Waals surface area (Å²) in [6.07, 6.45) is 1.59. The van der Waals surface area contributed by atoms with Gasteiger partial charge in [-0.15, -0.1) is 0 Å². The molecule has 0 unspecified atom stereocenters. The second-order valence-electron chi connectivity index (χ2n) is 2.73. The van der Waals surface area contributed by atoms with E-state index in [9.17, 15) is 0 Å². The first-order chi connectivity index (χ1) is 7.74. The van der Waals surface area contributed by atoms with Crippen molar-refractivity contribution < 1.29 is 4.74 Å². The maximum Gasteiger partial charge on any atom is 0.173 e. The zero-order valence-corrected chi connectivity index (χ0v) is 8.82. The predicted molar refractivity (Wildman–Crippen MR) is 56.6 cm³/mol. The molecule has 0 saturated carbocycles. The Kier molecular flexibility index (Phi) is 6.58. The van der Waals surface area contributed by atoms with Gasteiger partial charge in [0.2, 0.25) is 0 Å². The maximum absolute atomic E-state index is 8.65. The molecule has 0 saturated heterocycles. The fraction of sp³-hybridized carbons (Fsp3) is 0.364. The predicted octanol–water partition coefficient (Wildman–Crippen LogP) is 1.79. The fourth-order valence-electron chi connectivity index (χ4n) is 0.841. The molecule has 0 fully saturated rings. The Morgan fingerprint density at radius 2 is 1.81 bits per heavy atom. The molecule has 16 heavy (non-hydrogen) atoms. The molecule has 5 nitrogen and oxygen atoms in total. The van der Waals surface area contributed by atoms with Crippen LogP contribution in [0, 0.1) is 34.0 Å². The minimum absolute atomic E-state index is 0.219. The highest BCUT2D eigenvalue weighted by Crippen LogP contribution is 2.14. The molecule has 0 aliphatic carbocycles. The third-order valence-electron chi connectivity index (χ3n) is 1.65. The van der Waals surface area contributed by atoms with Gasteiger partial charge in [-0.05, 0) is 6.42 Å². The van der Waals surface area contributed by atoms with Crippen LogP contribution in [0.15, 0.2) is 16.9 Å². The van der Waals surface area contributed by atoms with Crippen LogP contribution < -0.4 is 0 Å². The number of ether oxygens (including phenoxy) is 1. The van der Waals surface area contributed by atoms with Crippen LogP contribution in [0.4, 0.5) is 0 Å². The number of nitriles is 3. The molecule has 80 valence electrons. The van der Waals surface area contributed by atoms with E-state index in [4.69, 9.17) is 25.9 Å². The molecule has 0 atom stereocenters. The molecule has 0 bridgehead atoms. The molecule has 0 aromatic carbocycles. The zero-order chi connectivity index (χ0) is 12.4. The lowest BCUT2D eigenvalue weighted by atomic mass is 10.1. The Labute approximate surface area is 94.0 Å². The fourth-order valence-corrected chi connectivity index (χ4v) is 0.841. The molecule has 0 heterocycles. The maximum atomic E-state index is 8.65. The van der Waals surface area contributed by atoms with Gasteiger partial charge in [-0.2, -0.15) is 15.8 Å². The van der Waals surface area contributed by atoms with Crippen molar-refractivity contribution in [3.8, 4) is 18.2 Å². The third kappa shape index (κ3) is 3.68. The summed E-state index contributed by atoms with van der Waals surface area (Å²) >= 11 is 0. The van der Waals surface area contributed by atoms with Crippen molar-refractivity contribution in [2.45, 2.75) is 19.8 Å². The first kappa shape index (κ1) is 13.5. The van der Waals surface area contributed by atoms with Crippen LogP contribution in [0.2, 0.25) is 0 Å². The van der Waals surface area contributed by atoms with Crippen molar-refractivity contribution in [3.63, 3.8) is 0 Å². The zero-order valence-electron chi connectivity index (χ0n) is 8.82. The normalized spacial score (nSPS) is 7.62. The lowest BCUT2D eigenvalue weighted by molar-refractivity contribution is 0.216. The molecule has 0 amide bonds. The molecule has 0 aliphatic rings. The van der Waals surface area contributed by atoms with Crippen molar-refractivity contribution in [1.82, 2.24) is 0 Å². The van der Waals surface area contributed by atoms with Crippen LogP contribution in [0.1, 0.15) is 19.8 Å². The summed E-state index contributed by atoms with van der Waals surface area (Å²) in [7, 11) is 0. The topological polar surface area (TPSA) is 103 Å². The number of nitrogens with zero attached hydrogens (tertiary/aromatic N) is 4. The first-order valence-electron chi connectivity index (χ1n) is 4.59. The van der Waals surface area contributed by atoms with Crippen LogP contribution >= 0.6 is 0 Å². The highest BCUT2D eigenvalue weighted by atomic mass is 16.5. The van der Waals surface area contributed by atoms with E-state index in [0.29, 0.717) is 0 Å². The molecule has 5 heteroatoms. The van der Waals surface area contributed by atoms with Crippen LogP contribution in [-0.2, 0) is 4.74 Å². The Bertz CT molecular complexity index is 434. The molecule has 0 spiro atoms. The highest BCUT2D eigenvalue weighted by molar-refractivity contribution is 5.73. The van der Waals surface area contributed by atoms with E-state index in [1.165, 1.54) is 0 Å². The van der Waals surface area contributed by atoms with Crippen LogP contribution in [0.3, 0.4) is 0 Å². The van der Waals surface area contributed by atoms with E-state index < -0.39 is 0 Å². The van der Waals surface area contributed by atoms with Gasteiger partial charge in [0, 0.05) is 0 Å². The summed E-state index contributed by atoms with van der Waals surface area (Å²) in [6, 6.07) is 4.79. The third-order valence-corrected chi connectivity index (χ3v) is 1.65. The monoisotopic (exact) mass is 213 g/mol. The van der Waals surface area contributed by atoms with Crippen molar-refractivity contribution in [2.75, 3.05) is 6.61 Å². The Morgan fingerprint density at radius 1 is 1.19 bits per heavy atom. The van der Waals surface area contributed by atoms with E-state index >= 15 is 0 Å². The number of unbranched alkanes of at least 4 members (excludes halogenated alkanes) is 1. The van der Waals surface area contributed by atoms with E-state index in [-0.39, 0.29) is 23.5 Å². The smallest absolute Gasteiger partial charge is 0.173 e. The number of rotatable bonds is 5. The average Bonchev–Trinajstić information content (AvgIpc) is 2.31. The van der Waals surface area contributed by atoms with Gasteiger partial charge in [0.1, 0.15) is 23.8 Å². The molecule has 0 aromatic heterocycles. The standard InChI is InChI=1S/C11H9N4O/c1-2-3-4-16-11(9(5-12)6-13)10(7-14)8-15/h2-4H2,1H3/q-1. The molecular weight excluding hydrogens is 204 g/mol. The molecule has 0 rings (SSSR count). The Hall–Kier alpha value is -2.54. The number of hydrogen-bond donors (Lipinski definition) is 0. The van der Waals surface area contributed by atoms with Gasteiger partial charge in [0.15, 0.2) is 11.3 Å². The first-order valence-corrected chi connectivity index (χ1v) is 4.59. The lowest BCUT2D eigenvalue weighted by Crippen LogP contribution is -2.01. The molecule has 0 aliphatic heterocycles. The van der Waals surface area contributed by atoms with E-state index in [1.807, 2.05) is 6.92 Å². The number of hydrogen-bond acceptors (Lipinski definition) is 4. The number of allylic oxidation sites excluding steroid dienone is 2. The summed E-state index contributed by atoms with van der Waals surface area (Å²) in [5, 5.41) is 34.6. The summed E-state index contributed by atoms with van der Waals surface area (Å²) in [6.45, 7) is 2.22. The highest BCUT2D eigenvalue weighted by Gasteiger charge is 2.12. The lowest BCUT2D eigenvalue weighted by Gasteiger charge is -2.08. The van der Waals surface area contributed by atoms with Crippen molar-refractivity contribution in [1.29, 1.82) is 15.8 Å². The van der Waals surface area contributed by atoms with Crippen LogP contribution in [-0.4, -0.2) is 12.5 Å². The van der Waals surface area contributed by atoms with E-state index in [1.54, 1.807) is 24.1 Å². The van der Waals surface area contributed by atoms with Gasteiger partial charge in [0.25, 0.3) is 0 Å². The van der Waals surface area contributed by atoms with Crippen LogP contribution in [0.25, 0.3) is 5.41 Å². The van der Waals surface area contributed by atoms with Crippen molar-refractivity contribution in [2.24, 2.45) is 0 Å². The Morgan fingerprint density at radius 3 is 2.19 bits per heavy atom. The van der Waals surface area contributed by atoms with Crippen molar-refractivity contribution >= 4 is 5.87 Å². The molecular formula is C11H9N4O-. The van der Waals surface area contributed by atoms with Crippen LogP contribution in [0.5, 0.6) is 0 Å². The summed E-state index contributed by atoms with van der Waals surface area (Å²) in [5.41, 5.74) is -0.705. The van der Waals surface area contributed by atoms with Gasteiger partial charge in [-0.3, -0.25) is 0 Å². The summed E-state index contributed by atoms with van der Waals surface area (Å²) in [4.78, 5) is 0. The van der Waals surface area contributed by atoms with E-state index in [0.717, 1.165) is 12.8 Å². The quantitative estimate of drug-likeness (QED) is 0.228. The SMILES string of the molecule is CCCCOC(C(=C=[N-])C#N)=C(C#N)C#N. The van der Waals surface area contributed by atoms with Gasteiger partial charge >= 0.3 is 0 Å². The second-order valence-corrected chi connectivity index (χ2v) is 2.73. The summed E-state index contributed by atoms with van der Waals surface area (Å²) < 4.78 is 5.12. The van der Waals surface area contributed by atoms with Gasteiger partial charge in [0.05, 0.1) is 6.61 Å². The molecule has 0 N–H and O–H groups in total. The van der Waals surface area contributed by atoms with Gasteiger partial charge < -0.3 is 10.1 Å². The van der Waals surface area contributed by atoms with Crippen molar-refractivity contribution in [3.05, 3.63) is 22.3 Å². The summed E-state index contributed by atoms with van der Waals surface area (Å²) in [5.74, 6) is 1.38. The van der Waals surface area contributed by atoms with Gasteiger partial charge in [-0.1, -0.05) is 13.3 Å². The second kappa shape index (κ2) is 7.83. The Balaban J connectivity index is 5.19. The minimum Gasteiger partial charge on any atom is -0.762 e. The average molecular weight is 213 g/mol. The molecule has 0 aromatic rings.